The minimum Gasteiger partial charge on any atom is -0.463 e. The van der Waals surface area contributed by atoms with Gasteiger partial charge in [-0.2, -0.15) is 10.5 Å². The third-order valence-electron chi connectivity index (χ3n) is 2.44. The Labute approximate surface area is 99.8 Å². The molecule has 0 aliphatic rings. The second-order valence-corrected chi connectivity index (χ2v) is 3.44. The van der Waals surface area contributed by atoms with Crippen LogP contribution in [0.4, 0.5) is 0 Å². The average molecular weight is 231 g/mol. The van der Waals surface area contributed by atoms with Crippen LogP contribution < -0.4 is 0 Å². The summed E-state index contributed by atoms with van der Waals surface area (Å²) in [6.45, 7) is 1.88. The van der Waals surface area contributed by atoms with Crippen LogP contribution >= 0.6 is 0 Å². The summed E-state index contributed by atoms with van der Waals surface area (Å²) in [7, 11) is 0. The van der Waals surface area contributed by atoms with Crippen LogP contribution in [0.25, 0.3) is 0 Å². The molecule has 1 heterocycles. The smallest absolute Gasteiger partial charge is 0.347 e. The van der Waals surface area contributed by atoms with Crippen molar-refractivity contribution in [2.45, 2.75) is 25.3 Å². The Hall–Kier alpha value is -2.27. The maximum atomic E-state index is 11.9. The van der Waals surface area contributed by atoms with Crippen molar-refractivity contribution in [1.82, 2.24) is 4.57 Å². The molecule has 0 aromatic carbocycles. The van der Waals surface area contributed by atoms with E-state index in [4.69, 9.17) is 10.00 Å². The van der Waals surface area contributed by atoms with Gasteiger partial charge in [0.15, 0.2) is 0 Å². The molecule has 1 aromatic heterocycles. The first kappa shape index (κ1) is 12.8. The standard InChI is InChI=1S/C12H13N3O2/c1-2-17-11(16)12(10-14,6-5-7-13)15-8-3-4-9-15/h3-4,8-9H,2,5-6H2,1H3. The average Bonchev–Trinajstić information content (AvgIpc) is 2.85. The highest BCUT2D eigenvalue weighted by molar-refractivity contribution is 5.82. The number of hydrogen-bond donors (Lipinski definition) is 0. The lowest BCUT2D eigenvalue weighted by atomic mass is 9.95. The molecular formula is C12H13N3O2. The molecule has 5 heteroatoms. The summed E-state index contributed by atoms with van der Waals surface area (Å²) in [5.74, 6) is -0.617. The third-order valence-corrected chi connectivity index (χ3v) is 2.44. The van der Waals surface area contributed by atoms with Gasteiger partial charge < -0.3 is 9.30 Å². The summed E-state index contributed by atoms with van der Waals surface area (Å²) in [4.78, 5) is 11.9. The third kappa shape index (κ3) is 2.46. The Balaban J connectivity index is 3.11. The first-order valence-corrected chi connectivity index (χ1v) is 5.30. The number of ether oxygens (including phenoxy) is 1. The normalized spacial score (nSPS) is 13.1. The zero-order valence-corrected chi connectivity index (χ0v) is 9.59. The van der Waals surface area contributed by atoms with Crippen molar-refractivity contribution in [3.63, 3.8) is 0 Å². The highest BCUT2D eigenvalue weighted by Crippen LogP contribution is 2.24. The maximum absolute atomic E-state index is 11.9. The summed E-state index contributed by atoms with van der Waals surface area (Å²) >= 11 is 0. The lowest BCUT2D eigenvalue weighted by Gasteiger charge is -2.25. The quantitative estimate of drug-likeness (QED) is 0.720. The summed E-state index contributed by atoms with van der Waals surface area (Å²) in [5.41, 5.74) is -1.44. The van der Waals surface area contributed by atoms with E-state index in [1.165, 1.54) is 4.57 Å². The Morgan fingerprint density at radius 2 is 2.06 bits per heavy atom. The van der Waals surface area contributed by atoms with Gasteiger partial charge in [0.2, 0.25) is 5.54 Å². The van der Waals surface area contributed by atoms with Gasteiger partial charge in [0.1, 0.15) is 6.07 Å². The lowest BCUT2D eigenvalue weighted by molar-refractivity contribution is -0.151. The molecule has 1 rings (SSSR count). The van der Waals surface area contributed by atoms with E-state index < -0.39 is 11.5 Å². The molecule has 88 valence electrons. The van der Waals surface area contributed by atoms with Crippen LogP contribution in [0.15, 0.2) is 24.5 Å². The van der Waals surface area contributed by atoms with Gasteiger partial charge >= 0.3 is 5.97 Å². The monoisotopic (exact) mass is 231 g/mol. The van der Waals surface area contributed by atoms with Gasteiger partial charge in [-0.15, -0.1) is 0 Å². The predicted octanol–water partition coefficient (Wildman–Crippen LogP) is 1.57. The number of carbonyl (C=O) groups is 1. The van der Waals surface area contributed by atoms with Crippen molar-refractivity contribution in [3.05, 3.63) is 24.5 Å². The molecular weight excluding hydrogens is 218 g/mol. The van der Waals surface area contributed by atoms with Crippen molar-refractivity contribution >= 4 is 5.97 Å². The zero-order chi connectivity index (χ0) is 12.7. The molecule has 0 saturated carbocycles. The van der Waals surface area contributed by atoms with Crippen molar-refractivity contribution in [2.75, 3.05) is 6.61 Å². The summed E-state index contributed by atoms with van der Waals surface area (Å²) in [5, 5.41) is 17.9. The van der Waals surface area contributed by atoms with Crippen LogP contribution in [0, 0.1) is 22.7 Å². The number of rotatable bonds is 5. The molecule has 0 fully saturated rings. The lowest BCUT2D eigenvalue weighted by Crippen LogP contribution is -2.41. The fourth-order valence-corrected chi connectivity index (χ4v) is 1.57. The van der Waals surface area contributed by atoms with Gasteiger partial charge in [-0.3, -0.25) is 0 Å². The number of nitriles is 2. The Morgan fingerprint density at radius 1 is 1.41 bits per heavy atom. The van der Waals surface area contributed by atoms with Gasteiger partial charge in [0, 0.05) is 25.2 Å². The van der Waals surface area contributed by atoms with Crippen LogP contribution in [0.2, 0.25) is 0 Å². The number of aromatic nitrogens is 1. The molecule has 1 unspecified atom stereocenters. The minimum absolute atomic E-state index is 0.116. The Morgan fingerprint density at radius 3 is 2.53 bits per heavy atom. The number of carbonyl (C=O) groups excluding carboxylic acids is 1. The molecule has 0 aliphatic carbocycles. The highest BCUT2D eigenvalue weighted by Gasteiger charge is 2.41. The molecule has 0 spiro atoms. The molecule has 17 heavy (non-hydrogen) atoms. The van der Waals surface area contributed by atoms with Crippen LogP contribution in [-0.2, 0) is 15.1 Å². The largest absolute Gasteiger partial charge is 0.463 e. The summed E-state index contributed by atoms with van der Waals surface area (Å²) < 4.78 is 6.42. The van der Waals surface area contributed by atoms with Gasteiger partial charge in [-0.1, -0.05) is 0 Å². The van der Waals surface area contributed by atoms with E-state index in [2.05, 4.69) is 0 Å². The highest BCUT2D eigenvalue weighted by atomic mass is 16.5. The molecule has 0 bridgehead atoms. The van der Waals surface area contributed by atoms with Crippen molar-refractivity contribution in [3.8, 4) is 12.1 Å². The van der Waals surface area contributed by atoms with E-state index in [-0.39, 0.29) is 19.4 Å². The van der Waals surface area contributed by atoms with E-state index in [1.54, 1.807) is 31.5 Å². The topological polar surface area (TPSA) is 78.8 Å². The van der Waals surface area contributed by atoms with E-state index in [9.17, 15) is 10.1 Å². The number of nitrogens with zero attached hydrogens (tertiary/aromatic N) is 3. The second-order valence-electron chi connectivity index (χ2n) is 3.44. The van der Waals surface area contributed by atoms with Gasteiger partial charge in [-0.05, 0) is 19.1 Å². The summed E-state index contributed by atoms with van der Waals surface area (Å²) in [6, 6.07) is 7.36. The van der Waals surface area contributed by atoms with Gasteiger partial charge in [0.25, 0.3) is 0 Å². The number of esters is 1. The van der Waals surface area contributed by atoms with E-state index in [0.717, 1.165) is 0 Å². The van der Waals surface area contributed by atoms with E-state index in [1.807, 2.05) is 12.1 Å². The SMILES string of the molecule is CCOC(=O)C(C#N)(CCC#N)n1cccc1. The second kappa shape index (κ2) is 5.72. The minimum atomic E-state index is -1.44. The van der Waals surface area contributed by atoms with Crippen molar-refractivity contribution in [1.29, 1.82) is 10.5 Å². The molecule has 1 aromatic rings. The molecule has 5 nitrogen and oxygen atoms in total. The van der Waals surface area contributed by atoms with Crippen molar-refractivity contribution < 1.29 is 9.53 Å². The van der Waals surface area contributed by atoms with Gasteiger partial charge in [0.05, 0.1) is 12.7 Å². The molecule has 0 amide bonds. The Kier molecular flexibility index (Phi) is 4.30. The molecule has 0 radical (unpaired) electrons. The van der Waals surface area contributed by atoms with Crippen LogP contribution in [0.1, 0.15) is 19.8 Å². The maximum Gasteiger partial charge on any atom is 0.347 e. The summed E-state index contributed by atoms with van der Waals surface area (Å²) in [6.07, 6.45) is 3.48. The fourth-order valence-electron chi connectivity index (χ4n) is 1.57. The van der Waals surface area contributed by atoms with Crippen LogP contribution in [-0.4, -0.2) is 17.1 Å². The van der Waals surface area contributed by atoms with Crippen molar-refractivity contribution in [2.24, 2.45) is 0 Å². The predicted molar refractivity (Wildman–Crippen MR) is 59.5 cm³/mol. The van der Waals surface area contributed by atoms with Gasteiger partial charge in [-0.25, -0.2) is 4.79 Å². The van der Waals surface area contributed by atoms with Crippen LogP contribution in [0.5, 0.6) is 0 Å². The first-order chi connectivity index (χ1) is 8.21. The van der Waals surface area contributed by atoms with E-state index >= 15 is 0 Å². The first-order valence-electron chi connectivity index (χ1n) is 5.30. The fraction of sp³-hybridized carbons (Fsp3) is 0.417. The number of hydrogen-bond acceptors (Lipinski definition) is 4. The molecule has 0 aliphatic heterocycles. The zero-order valence-electron chi connectivity index (χ0n) is 9.59. The van der Waals surface area contributed by atoms with Crippen LogP contribution in [0.3, 0.4) is 0 Å². The molecule has 0 saturated heterocycles. The Bertz CT molecular complexity index is 453. The molecule has 0 N–H and O–H groups in total. The molecule has 1 atom stereocenters. The van der Waals surface area contributed by atoms with E-state index in [0.29, 0.717) is 0 Å².